The lowest BCUT2D eigenvalue weighted by Crippen LogP contribution is -2.37. The number of aromatic amines is 1. The third kappa shape index (κ3) is 2.33. The maximum absolute atomic E-state index is 11.5. The predicted octanol–water partition coefficient (Wildman–Crippen LogP) is 0.232. The Hall–Kier alpha value is -1.89. The molecule has 2 aromatic heterocycles. The number of H-pyrrole nitrogens is 1. The van der Waals surface area contributed by atoms with Crippen LogP contribution in [0.25, 0.3) is 5.65 Å². The number of aromatic nitrogens is 4. The molecule has 0 radical (unpaired) electrons. The lowest BCUT2D eigenvalue weighted by atomic mass is 10.1. The summed E-state index contributed by atoms with van der Waals surface area (Å²) in [7, 11) is 2.14. The van der Waals surface area contributed by atoms with Gasteiger partial charge in [-0.1, -0.05) is 0 Å². The normalized spacial score (nSPS) is 18.0. The molecule has 0 aromatic carbocycles. The topological polar surface area (TPSA) is 78.3 Å². The number of fused-ring (bicyclic) bond motifs is 1. The van der Waals surface area contributed by atoms with Gasteiger partial charge in [-0.3, -0.25) is 0 Å². The van der Waals surface area contributed by atoms with Crippen molar-refractivity contribution in [3.8, 4) is 0 Å². The molecule has 2 N–H and O–H groups in total. The van der Waals surface area contributed by atoms with Crippen LogP contribution in [-0.2, 0) is 0 Å². The SMILES string of the molecule is Cc1nc(NC2CCN(C)CC2)cc2n[nH]c(=O)n12. The number of nitrogens with zero attached hydrogens (tertiary/aromatic N) is 4. The molecule has 1 fully saturated rings. The van der Waals surface area contributed by atoms with E-state index < -0.39 is 0 Å². The number of nitrogens with one attached hydrogen (secondary N) is 2. The first kappa shape index (κ1) is 12.2. The fourth-order valence-electron chi connectivity index (χ4n) is 2.53. The second kappa shape index (κ2) is 4.65. The van der Waals surface area contributed by atoms with Gasteiger partial charge in [-0.2, -0.15) is 5.10 Å². The second-order valence-corrected chi connectivity index (χ2v) is 5.13. The highest BCUT2D eigenvalue weighted by Gasteiger charge is 2.17. The van der Waals surface area contributed by atoms with Crippen molar-refractivity contribution >= 4 is 11.5 Å². The van der Waals surface area contributed by atoms with E-state index in [1.54, 1.807) is 0 Å². The van der Waals surface area contributed by atoms with E-state index >= 15 is 0 Å². The van der Waals surface area contributed by atoms with E-state index in [1.807, 2.05) is 13.0 Å². The first-order valence-corrected chi connectivity index (χ1v) is 6.53. The molecule has 3 rings (SSSR count). The fourth-order valence-corrected chi connectivity index (χ4v) is 2.53. The first-order chi connectivity index (χ1) is 9.13. The maximum atomic E-state index is 11.5. The van der Waals surface area contributed by atoms with Gasteiger partial charge in [0.2, 0.25) is 0 Å². The Bertz CT molecular complexity index is 637. The number of rotatable bonds is 2. The maximum Gasteiger partial charge on any atom is 0.349 e. The van der Waals surface area contributed by atoms with Crippen LogP contribution in [0.5, 0.6) is 0 Å². The number of piperidine rings is 1. The van der Waals surface area contributed by atoms with Crippen LogP contribution in [0.2, 0.25) is 0 Å². The summed E-state index contributed by atoms with van der Waals surface area (Å²) in [5.41, 5.74) is 0.360. The minimum absolute atomic E-state index is 0.245. The molecule has 7 heteroatoms. The molecule has 0 aliphatic carbocycles. The zero-order chi connectivity index (χ0) is 13.4. The van der Waals surface area contributed by atoms with Crippen LogP contribution in [0.15, 0.2) is 10.9 Å². The molecule has 3 heterocycles. The lowest BCUT2D eigenvalue weighted by Gasteiger charge is -2.29. The molecular weight excluding hydrogens is 244 g/mol. The van der Waals surface area contributed by atoms with E-state index in [0.29, 0.717) is 17.5 Å². The van der Waals surface area contributed by atoms with Crippen LogP contribution in [0, 0.1) is 6.92 Å². The minimum atomic E-state index is -0.245. The summed E-state index contributed by atoms with van der Waals surface area (Å²) in [6, 6.07) is 2.25. The van der Waals surface area contributed by atoms with Crippen molar-refractivity contribution in [2.45, 2.75) is 25.8 Å². The Morgan fingerprint density at radius 2 is 2.16 bits per heavy atom. The number of aryl methyl sites for hydroxylation is 1. The fraction of sp³-hybridized carbons (Fsp3) is 0.583. The van der Waals surface area contributed by atoms with Gasteiger partial charge in [0.1, 0.15) is 11.6 Å². The second-order valence-electron chi connectivity index (χ2n) is 5.13. The number of anilines is 1. The van der Waals surface area contributed by atoms with Crippen molar-refractivity contribution in [2.24, 2.45) is 0 Å². The van der Waals surface area contributed by atoms with Gasteiger partial charge in [-0.15, -0.1) is 0 Å². The van der Waals surface area contributed by atoms with Crippen LogP contribution < -0.4 is 11.0 Å². The summed E-state index contributed by atoms with van der Waals surface area (Å²) in [5.74, 6) is 1.44. The van der Waals surface area contributed by atoms with Crippen LogP contribution >= 0.6 is 0 Å². The first-order valence-electron chi connectivity index (χ1n) is 6.53. The van der Waals surface area contributed by atoms with Gasteiger partial charge in [0.15, 0.2) is 5.65 Å². The van der Waals surface area contributed by atoms with Gasteiger partial charge in [0, 0.05) is 12.1 Å². The summed E-state index contributed by atoms with van der Waals surface area (Å²) in [6.45, 7) is 4.01. The van der Waals surface area contributed by atoms with Gasteiger partial charge in [-0.25, -0.2) is 19.3 Å². The van der Waals surface area contributed by atoms with Crippen molar-refractivity contribution in [1.29, 1.82) is 0 Å². The zero-order valence-electron chi connectivity index (χ0n) is 11.2. The standard InChI is InChI=1S/C12H18N6O/c1-8-13-10(7-11-15-16-12(19)18(8)11)14-9-3-5-17(2)6-4-9/h7,9,14H,3-6H2,1-2H3,(H,16,19). The van der Waals surface area contributed by atoms with E-state index in [1.165, 1.54) is 4.40 Å². The van der Waals surface area contributed by atoms with Crippen molar-refractivity contribution in [3.05, 3.63) is 22.4 Å². The molecular formula is C12H18N6O. The van der Waals surface area contributed by atoms with Crippen molar-refractivity contribution in [1.82, 2.24) is 24.5 Å². The predicted molar refractivity (Wildman–Crippen MR) is 72.5 cm³/mol. The Morgan fingerprint density at radius 1 is 1.42 bits per heavy atom. The molecule has 0 bridgehead atoms. The third-order valence-corrected chi connectivity index (χ3v) is 3.64. The smallest absolute Gasteiger partial charge is 0.349 e. The molecule has 0 amide bonds. The van der Waals surface area contributed by atoms with Gasteiger partial charge < -0.3 is 10.2 Å². The van der Waals surface area contributed by atoms with Gasteiger partial charge in [-0.05, 0) is 39.9 Å². The summed E-state index contributed by atoms with van der Waals surface area (Å²) < 4.78 is 1.47. The van der Waals surface area contributed by atoms with Crippen molar-refractivity contribution in [3.63, 3.8) is 0 Å². The van der Waals surface area contributed by atoms with Crippen LogP contribution in [0.3, 0.4) is 0 Å². The molecule has 1 saturated heterocycles. The lowest BCUT2D eigenvalue weighted by molar-refractivity contribution is 0.263. The number of hydrogen-bond acceptors (Lipinski definition) is 5. The van der Waals surface area contributed by atoms with Crippen LogP contribution in [0.1, 0.15) is 18.7 Å². The highest BCUT2D eigenvalue weighted by atomic mass is 16.1. The average Bonchev–Trinajstić information content (AvgIpc) is 2.74. The quantitative estimate of drug-likeness (QED) is 0.810. The molecule has 1 aliphatic rings. The van der Waals surface area contributed by atoms with E-state index in [0.717, 1.165) is 31.7 Å². The Morgan fingerprint density at radius 3 is 2.89 bits per heavy atom. The van der Waals surface area contributed by atoms with Crippen LogP contribution in [-0.4, -0.2) is 50.7 Å². The van der Waals surface area contributed by atoms with E-state index in [9.17, 15) is 4.79 Å². The molecule has 1 aliphatic heterocycles. The molecule has 0 saturated carbocycles. The molecule has 19 heavy (non-hydrogen) atoms. The van der Waals surface area contributed by atoms with E-state index in [-0.39, 0.29) is 5.69 Å². The largest absolute Gasteiger partial charge is 0.367 e. The van der Waals surface area contributed by atoms with Crippen molar-refractivity contribution < 1.29 is 0 Å². The minimum Gasteiger partial charge on any atom is -0.367 e. The van der Waals surface area contributed by atoms with Gasteiger partial charge >= 0.3 is 5.69 Å². The Balaban J connectivity index is 1.83. The number of hydrogen-bond donors (Lipinski definition) is 2. The molecule has 0 spiro atoms. The Kier molecular flexibility index (Phi) is 2.98. The van der Waals surface area contributed by atoms with Crippen molar-refractivity contribution in [2.75, 3.05) is 25.5 Å². The summed E-state index contributed by atoms with van der Waals surface area (Å²) in [6.07, 6.45) is 2.21. The zero-order valence-corrected chi connectivity index (χ0v) is 11.2. The van der Waals surface area contributed by atoms with E-state index in [2.05, 4.69) is 32.4 Å². The molecule has 7 nitrogen and oxygen atoms in total. The molecule has 0 atom stereocenters. The molecule has 2 aromatic rings. The average molecular weight is 262 g/mol. The summed E-state index contributed by atoms with van der Waals surface area (Å²) >= 11 is 0. The van der Waals surface area contributed by atoms with Gasteiger partial charge in [0.25, 0.3) is 0 Å². The van der Waals surface area contributed by atoms with E-state index in [4.69, 9.17) is 0 Å². The highest BCUT2D eigenvalue weighted by Crippen LogP contribution is 2.15. The molecule has 102 valence electrons. The summed E-state index contributed by atoms with van der Waals surface area (Å²) in [5, 5.41) is 9.86. The third-order valence-electron chi connectivity index (χ3n) is 3.64. The molecule has 0 unspecified atom stereocenters. The Labute approximate surface area is 110 Å². The van der Waals surface area contributed by atoms with Gasteiger partial charge in [0.05, 0.1) is 0 Å². The highest BCUT2D eigenvalue weighted by molar-refractivity contribution is 5.50. The monoisotopic (exact) mass is 262 g/mol. The number of likely N-dealkylation sites (tertiary alicyclic amines) is 1. The summed E-state index contributed by atoms with van der Waals surface area (Å²) in [4.78, 5) is 18.3. The van der Waals surface area contributed by atoms with Crippen LogP contribution in [0.4, 0.5) is 5.82 Å².